The number of aryl methyl sites for hydroxylation is 1. The molecule has 30 heavy (non-hydrogen) atoms. The number of rotatable bonds is 9. The quantitative estimate of drug-likeness (QED) is 0.411. The fourth-order valence-corrected chi connectivity index (χ4v) is 3.55. The lowest BCUT2D eigenvalue weighted by Crippen LogP contribution is -2.28. The van der Waals surface area contributed by atoms with Gasteiger partial charge in [-0.25, -0.2) is 4.68 Å². The van der Waals surface area contributed by atoms with Gasteiger partial charge in [-0.15, -0.1) is 10.2 Å². The first-order valence-electron chi connectivity index (χ1n) is 9.67. The molecule has 9 heteroatoms. The molecule has 0 atom stereocenters. The molecule has 2 N–H and O–H groups in total. The van der Waals surface area contributed by atoms with Gasteiger partial charge in [-0.1, -0.05) is 37.7 Å². The van der Waals surface area contributed by atoms with Gasteiger partial charge in [-0.05, 0) is 42.7 Å². The smallest absolute Gasteiger partial charge is 0.233 e. The maximum absolute atomic E-state index is 12.4. The second kappa shape index (κ2) is 9.71. The summed E-state index contributed by atoms with van der Waals surface area (Å²) in [5.74, 6) is 9.47. The molecule has 1 aromatic carbocycles. The summed E-state index contributed by atoms with van der Waals surface area (Å²) in [6, 6.07) is 11.7. The van der Waals surface area contributed by atoms with Gasteiger partial charge >= 0.3 is 0 Å². The molecule has 2 heterocycles. The van der Waals surface area contributed by atoms with Crippen LogP contribution in [0.15, 0.2) is 46.0 Å². The molecule has 0 bridgehead atoms. The average Bonchev–Trinajstić information content (AvgIpc) is 3.29. The predicted octanol–water partition coefficient (Wildman–Crippen LogP) is 3.35. The van der Waals surface area contributed by atoms with Crippen LogP contribution < -0.4 is 10.6 Å². The van der Waals surface area contributed by atoms with Crippen LogP contribution in [0, 0.1) is 6.92 Å². The second-order valence-corrected chi connectivity index (χ2v) is 8.27. The number of carbonyl (C=O) groups is 1. The number of hydrogen-bond acceptors (Lipinski definition) is 7. The summed E-state index contributed by atoms with van der Waals surface area (Å²) in [5.41, 5.74) is 1.25. The summed E-state index contributed by atoms with van der Waals surface area (Å²) in [7, 11) is 1.73. The third-order valence-corrected chi connectivity index (χ3v) is 5.52. The average molecular weight is 430 g/mol. The highest BCUT2D eigenvalue weighted by Gasteiger charge is 2.16. The van der Waals surface area contributed by atoms with E-state index in [1.54, 1.807) is 11.9 Å². The number of furan rings is 1. The van der Waals surface area contributed by atoms with E-state index in [0.717, 1.165) is 17.3 Å². The van der Waals surface area contributed by atoms with Gasteiger partial charge in [0.05, 0.1) is 12.3 Å². The van der Waals surface area contributed by atoms with Crippen molar-refractivity contribution in [1.82, 2.24) is 19.8 Å². The van der Waals surface area contributed by atoms with Crippen LogP contribution in [0.1, 0.15) is 42.7 Å². The molecule has 0 aliphatic heterocycles. The Morgan fingerprint density at radius 2 is 1.97 bits per heavy atom. The van der Waals surface area contributed by atoms with Crippen molar-refractivity contribution in [2.75, 3.05) is 18.6 Å². The highest BCUT2D eigenvalue weighted by atomic mass is 32.2. The van der Waals surface area contributed by atoms with Gasteiger partial charge in [0.2, 0.25) is 11.1 Å². The number of thioether (sulfide) groups is 1. The fraction of sp³-hybridized carbons (Fsp3) is 0.381. The Bertz CT molecular complexity index is 981. The first kappa shape index (κ1) is 21.8. The van der Waals surface area contributed by atoms with Gasteiger partial charge in [0.15, 0.2) is 5.82 Å². The summed E-state index contributed by atoms with van der Waals surface area (Å²) < 4.78 is 12.6. The molecule has 0 saturated carbocycles. The maximum atomic E-state index is 12.4. The molecule has 3 aromatic rings. The van der Waals surface area contributed by atoms with Crippen molar-refractivity contribution in [3.8, 4) is 5.75 Å². The number of ether oxygens (including phenoxy) is 1. The van der Waals surface area contributed by atoms with Crippen LogP contribution in [-0.2, 0) is 17.9 Å². The van der Waals surface area contributed by atoms with Crippen LogP contribution in [0.3, 0.4) is 0 Å². The molecule has 160 valence electrons. The normalized spacial score (nSPS) is 11.1. The van der Waals surface area contributed by atoms with Gasteiger partial charge < -0.3 is 19.9 Å². The number of hydrogen-bond donors (Lipinski definition) is 1. The third kappa shape index (κ3) is 5.56. The summed E-state index contributed by atoms with van der Waals surface area (Å²) in [5, 5.41) is 8.60. The number of amides is 1. The molecule has 0 aliphatic carbocycles. The summed E-state index contributed by atoms with van der Waals surface area (Å²) in [4.78, 5) is 14.0. The van der Waals surface area contributed by atoms with Crippen molar-refractivity contribution >= 4 is 17.7 Å². The maximum Gasteiger partial charge on any atom is 0.233 e. The van der Waals surface area contributed by atoms with Crippen LogP contribution in [0.2, 0.25) is 0 Å². The molecule has 0 spiro atoms. The first-order chi connectivity index (χ1) is 14.3. The van der Waals surface area contributed by atoms with Gasteiger partial charge in [-0.3, -0.25) is 4.79 Å². The van der Waals surface area contributed by atoms with Crippen molar-refractivity contribution in [1.29, 1.82) is 0 Å². The van der Waals surface area contributed by atoms with Crippen LogP contribution in [0.25, 0.3) is 0 Å². The van der Waals surface area contributed by atoms with Crippen molar-refractivity contribution in [2.24, 2.45) is 0 Å². The minimum absolute atomic E-state index is 0.0555. The standard InChI is InChI=1S/C21H27N5O3S/c1-14(2)16-6-9-17(10-7-16)28-12-19-23-24-21(26(19)22)30-13-20(27)25(4)11-18-8-5-15(3)29-18/h5-10,14H,11-13,22H2,1-4H3. The summed E-state index contributed by atoms with van der Waals surface area (Å²) >= 11 is 1.23. The SMILES string of the molecule is Cc1ccc(CN(C)C(=O)CSc2nnc(COc3ccc(C(C)C)cc3)n2N)o1. The fourth-order valence-electron chi connectivity index (χ4n) is 2.73. The van der Waals surface area contributed by atoms with Crippen molar-refractivity contribution < 1.29 is 13.9 Å². The number of carbonyl (C=O) groups excluding carboxylic acids is 1. The molecule has 0 saturated heterocycles. The van der Waals surface area contributed by atoms with E-state index in [0.29, 0.717) is 23.4 Å². The van der Waals surface area contributed by atoms with E-state index in [1.807, 2.05) is 43.3 Å². The first-order valence-corrected chi connectivity index (χ1v) is 10.7. The summed E-state index contributed by atoms with van der Waals surface area (Å²) in [6.07, 6.45) is 0. The third-order valence-electron chi connectivity index (χ3n) is 4.59. The van der Waals surface area contributed by atoms with Crippen LogP contribution in [0.5, 0.6) is 5.75 Å². The number of nitrogen functional groups attached to an aromatic ring is 1. The molecule has 0 fully saturated rings. The molecule has 2 aromatic heterocycles. The lowest BCUT2D eigenvalue weighted by Gasteiger charge is -2.15. The van der Waals surface area contributed by atoms with Gasteiger partial charge in [0.25, 0.3) is 0 Å². The van der Waals surface area contributed by atoms with Gasteiger partial charge in [0, 0.05) is 7.05 Å². The van der Waals surface area contributed by atoms with E-state index in [1.165, 1.54) is 22.0 Å². The largest absolute Gasteiger partial charge is 0.486 e. The lowest BCUT2D eigenvalue weighted by atomic mass is 10.0. The Hall–Kier alpha value is -2.94. The van der Waals surface area contributed by atoms with Crippen molar-refractivity contribution in [3.05, 3.63) is 59.3 Å². The molecular formula is C21H27N5O3S. The zero-order valence-corrected chi connectivity index (χ0v) is 18.5. The molecule has 0 unspecified atom stereocenters. The zero-order valence-electron chi connectivity index (χ0n) is 17.7. The molecule has 8 nitrogen and oxygen atoms in total. The highest BCUT2D eigenvalue weighted by molar-refractivity contribution is 7.99. The van der Waals surface area contributed by atoms with E-state index in [9.17, 15) is 4.79 Å². The van der Waals surface area contributed by atoms with E-state index in [4.69, 9.17) is 15.0 Å². The van der Waals surface area contributed by atoms with Crippen LogP contribution in [-0.4, -0.2) is 38.5 Å². The van der Waals surface area contributed by atoms with E-state index < -0.39 is 0 Å². The molecule has 0 radical (unpaired) electrons. The lowest BCUT2D eigenvalue weighted by molar-refractivity contribution is -0.127. The van der Waals surface area contributed by atoms with Crippen molar-refractivity contribution in [3.63, 3.8) is 0 Å². The minimum Gasteiger partial charge on any atom is -0.486 e. The molecule has 3 rings (SSSR count). The second-order valence-electron chi connectivity index (χ2n) is 7.33. The molecule has 0 aliphatic rings. The zero-order chi connectivity index (χ0) is 21.7. The van der Waals surface area contributed by atoms with Crippen LogP contribution in [0.4, 0.5) is 0 Å². The van der Waals surface area contributed by atoms with E-state index in [2.05, 4.69) is 24.0 Å². The van der Waals surface area contributed by atoms with Crippen LogP contribution >= 0.6 is 11.8 Å². The Labute approximate surface area is 180 Å². The predicted molar refractivity (Wildman–Crippen MR) is 116 cm³/mol. The van der Waals surface area contributed by atoms with Crippen molar-refractivity contribution in [2.45, 2.75) is 45.0 Å². The van der Waals surface area contributed by atoms with Gasteiger partial charge in [0.1, 0.15) is 23.9 Å². The monoisotopic (exact) mass is 429 g/mol. The number of nitrogens with zero attached hydrogens (tertiary/aromatic N) is 4. The Kier molecular flexibility index (Phi) is 7.04. The Balaban J connectivity index is 1.50. The minimum atomic E-state index is -0.0555. The Morgan fingerprint density at radius 1 is 1.23 bits per heavy atom. The number of benzene rings is 1. The molecule has 1 amide bonds. The topological polar surface area (TPSA) is 99.4 Å². The van der Waals surface area contributed by atoms with E-state index >= 15 is 0 Å². The number of nitrogens with two attached hydrogens (primary N) is 1. The number of aromatic nitrogens is 3. The summed E-state index contributed by atoms with van der Waals surface area (Å²) in [6.45, 7) is 6.77. The van der Waals surface area contributed by atoms with Gasteiger partial charge in [-0.2, -0.15) is 0 Å². The molecular weight excluding hydrogens is 402 g/mol. The Morgan fingerprint density at radius 3 is 2.60 bits per heavy atom. The van der Waals surface area contributed by atoms with E-state index in [-0.39, 0.29) is 18.3 Å². The highest BCUT2D eigenvalue weighted by Crippen LogP contribution is 2.20.